The molecule has 0 saturated carbocycles. The molecule has 6 nitrogen and oxygen atoms in total. The largest absolute Gasteiger partial charge is 0.490 e. The fraction of sp³-hybridized carbons (Fsp3) is 0.150. The lowest BCUT2D eigenvalue weighted by Gasteiger charge is -2.06. The highest BCUT2D eigenvalue weighted by Crippen LogP contribution is 2.27. The first-order chi connectivity index (χ1) is 13.6. The lowest BCUT2D eigenvalue weighted by molar-refractivity contribution is 0.102. The van der Waals surface area contributed by atoms with Gasteiger partial charge >= 0.3 is 0 Å². The Labute approximate surface area is 174 Å². The van der Waals surface area contributed by atoms with Crippen LogP contribution in [0.1, 0.15) is 23.1 Å². The van der Waals surface area contributed by atoms with Gasteiger partial charge in [0.05, 0.1) is 18.0 Å². The lowest BCUT2D eigenvalue weighted by atomic mass is 10.2. The number of hydrogen-bond donors (Lipinski definition) is 1. The van der Waals surface area contributed by atoms with Crippen molar-refractivity contribution in [1.82, 2.24) is 14.4 Å². The van der Waals surface area contributed by atoms with Crippen LogP contribution >= 0.6 is 27.3 Å². The number of rotatable bonds is 5. The summed E-state index contributed by atoms with van der Waals surface area (Å²) in [5.74, 6) is 0.397. The third-order valence-electron chi connectivity index (χ3n) is 4.17. The maximum Gasteiger partial charge on any atom is 0.276 e. The Bertz CT molecular complexity index is 1150. The zero-order chi connectivity index (χ0) is 19.7. The summed E-state index contributed by atoms with van der Waals surface area (Å²) in [4.78, 5) is 22.0. The first-order valence-electron chi connectivity index (χ1n) is 8.70. The fourth-order valence-corrected chi connectivity index (χ4v) is 3.92. The molecule has 0 saturated heterocycles. The summed E-state index contributed by atoms with van der Waals surface area (Å²) in [5, 5.41) is 5.35. The van der Waals surface area contributed by atoms with Crippen molar-refractivity contribution in [2.45, 2.75) is 13.8 Å². The molecule has 142 valence electrons. The number of aromatic nitrogens is 3. The number of imidazole rings is 1. The number of aryl methyl sites for hydroxylation is 1. The molecule has 3 heterocycles. The summed E-state index contributed by atoms with van der Waals surface area (Å²) >= 11 is 4.81. The van der Waals surface area contributed by atoms with E-state index in [1.54, 1.807) is 4.40 Å². The van der Waals surface area contributed by atoms with Crippen molar-refractivity contribution in [3.05, 3.63) is 63.8 Å². The molecule has 4 rings (SSSR count). The van der Waals surface area contributed by atoms with E-state index >= 15 is 0 Å². The number of pyridine rings is 1. The minimum atomic E-state index is -0.254. The second kappa shape index (κ2) is 7.73. The third-order valence-corrected chi connectivity index (χ3v) is 5.45. The maximum absolute atomic E-state index is 12.9. The predicted molar refractivity (Wildman–Crippen MR) is 114 cm³/mol. The van der Waals surface area contributed by atoms with Gasteiger partial charge < -0.3 is 4.74 Å². The van der Waals surface area contributed by atoms with Gasteiger partial charge in [0.25, 0.3) is 5.91 Å². The number of thiazole rings is 1. The van der Waals surface area contributed by atoms with Gasteiger partial charge in [-0.15, -0.1) is 11.3 Å². The Morgan fingerprint density at radius 3 is 2.79 bits per heavy atom. The van der Waals surface area contributed by atoms with Crippen LogP contribution in [0.2, 0.25) is 0 Å². The van der Waals surface area contributed by atoms with Gasteiger partial charge in [0, 0.05) is 21.6 Å². The molecule has 8 heteroatoms. The highest BCUT2D eigenvalue weighted by Gasteiger charge is 2.20. The van der Waals surface area contributed by atoms with E-state index in [9.17, 15) is 4.79 Å². The van der Waals surface area contributed by atoms with Crippen molar-refractivity contribution >= 4 is 44.0 Å². The number of carbonyl (C=O) groups is 1. The average Bonchev–Trinajstić information content (AvgIpc) is 3.27. The number of ether oxygens (including phenoxy) is 1. The molecule has 0 aliphatic carbocycles. The third kappa shape index (κ3) is 3.53. The van der Waals surface area contributed by atoms with E-state index in [2.05, 4.69) is 31.2 Å². The summed E-state index contributed by atoms with van der Waals surface area (Å²) in [6.07, 6.45) is 1.81. The molecule has 0 atom stereocenters. The van der Waals surface area contributed by atoms with Gasteiger partial charge in [-0.05, 0) is 38.1 Å². The summed E-state index contributed by atoms with van der Waals surface area (Å²) in [7, 11) is 0. The van der Waals surface area contributed by atoms with Gasteiger partial charge in [-0.2, -0.15) is 0 Å². The molecule has 1 N–H and O–H groups in total. The summed E-state index contributed by atoms with van der Waals surface area (Å²) in [6, 6.07) is 11.6. The van der Waals surface area contributed by atoms with Crippen molar-refractivity contribution < 1.29 is 9.53 Å². The summed E-state index contributed by atoms with van der Waals surface area (Å²) in [5.41, 5.74) is 3.54. The van der Waals surface area contributed by atoms with Crippen LogP contribution in [-0.2, 0) is 0 Å². The normalized spacial score (nSPS) is 11.0. The Hall–Kier alpha value is -2.71. The quantitative estimate of drug-likeness (QED) is 0.449. The number of halogens is 1. The van der Waals surface area contributed by atoms with Crippen molar-refractivity contribution in [2.24, 2.45) is 0 Å². The molecule has 0 fully saturated rings. The number of anilines is 1. The van der Waals surface area contributed by atoms with Crippen LogP contribution in [0.5, 0.6) is 5.75 Å². The van der Waals surface area contributed by atoms with Gasteiger partial charge in [0.2, 0.25) is 0 Å². The van der Waals surface area contributed by atoms with E-state index in [4.69, 9.17) is 4.74 Å². The second-order valence-electron chi connectivity index (χ2n) is 6.04. The number of amides is 1. The lowest BCUT2D eigenvalue weighted by Crippen LogP contribution is -2.15. The van der Waals surface area contributed by atoms with Crippen LogP contribution < -0.4 is 10.1 Å². The van der Waals surface area contributed by atoms with Gasteiger partial charge in [0.15, 0.2) is 16.5 Å². The van der Waals surface area contributed by atoms with E-state index in [1.807, 2.05) is 61.8 Å². The number of nitrogens with zero attached hydrogens (tertiary/aromatic N) is 3. The van der Waals surface area contributed by atoms with E-state index in [1.165, 1.54) is 11.3 Å². The summed E-state index contributed by atoms with van der Waals surface area (Å²) in [6.45, 7) is 4.26. The number of benzene rings is 1. The molecule has 4 aromatic rings. The molecule has 0 aliphatic heterocycles. The zero-order valence-corrected chi connectivity index (χ0v) is 17.7. The van der Waals surface area contributed by atoms with Gasteiger partial charge in [-0.3, -0.25) is 14.5 Å². The van der Waals surface area contributed by atoms with Crippen molar-refractivity contribution in [3.63, 3.8) is 0 Å². The predicted octanol–water partition coefficient (Wildman–Crippen LogP) is 5.18. The Morgan fingerprint density at radius 2 is 2.04 bits per heavy atom. The molecule has 3 aromatic heterocycles. The Morgan fingerprint density at radius 1 is 1.25 bits per heavy atom. The summed E-state index contributed by atoms with van der Waals surface area (Å²) < 4.78 is 8.38. The van der Waals surface area contributed by atoms with Crippen molar-refractivity contribution in [3.8, 4) is 17.0 Å². The topological polar surface area (TPSA) is 68.5 Å². The van der Waals surface area contributed by atoms with Gasteiger partial charge in [0.1, 0.15) is 5.69 Å². The molecule has 1 aromatic carbocycles. The number of fused-ring (bicyclic) bond motifs is 1. The number of hydrogen-bond acceptors (Lipinski definition) is 5. The molecule has 0 radical (unpaired) electrons. The van der Waals surface area contributed by atoms with Crippen LogP contribution in [-0.4, -0.2) is 26.9 Å². The van der Waals surface area contributed by atoms with E-state index in [0.29, 0.717) is 34.5 Å². The molecule has 0 bridgehead atoms. The monoisotopic (exact) mass is 456 g/mol. The van der Waals surface area contributed by atoms with Gasteiger partial charge in [-0.1, -0.05) is 28.1 Å². The second-order valence-corrected chi connectivity index (χ2v) is 7.82. The van der Waals surface area contributed by atoms with E-state index < -0.39 is 0 Å². The van der Waals surface area contributed by atoms with Crippen molar-refractivity contribution in [2.75, 3.05) is 11.9 Å². The van der Waals surface area contributed by atoms with E-state index in [0.717, 1.165) is 15.7 Å². The minimum Gasteiger partial charge on any atom is -0.490 e. The first kappa shape index (κ1) is 18.6. The van der Waals surface area contributed by atoms with Gasteiger partial charge in [-0.25, -0.2) is 9.97 Å². The molecule has 0 aliphatic rings. The average molecular weight is 457 g/mol. The number of nitrogens with one attached hydrogen (secondary N) is 1. The maximum atomic E-state index is 12.9. The standard InChI is InChI=1S/C20H17BrN4O2S/c1-3-27-16-5-4-10-25-17(12(2)22-18(16)25)19(26)24-20-23-15(11-28-20)13-6-8-14(21)9-7-13/h4-11H,3H2,1-2H3,(H,23,24,26). The van der Waals surface area contributed by atoms with Crippen LogP contribution in [0.15, 0.2) is 52.4 Å². The molecule has 0 unspecified atom stereocenters. The molecular weight excluding hydrogens is 440 g/mol. The minimum absolute atomic E-state index is 0.254. The molecule has 28 heavy (non-hydrogen) atoms. The Kier molecular flexibility index (Phi) is 5.15. The highest BCUT2D eigenvalue weighted by molar-refractivity contribution is 9.10. The van der Waals surface area contributed by atoms with Crippen LogP contribution in [0, 0.1) is 6.92 Å². The highest BCUT2D eigenvalue weighted by atomic mass is 79.9. The first-order valence-corrected chi connectivity index (χ1v) is 10.4. The number of carbonyl (C=O) groups excluding carboxylic acids is 1. The van der Waals surface area contributed by atoms with Crippen LogP contribution in [0.3, 0.4) is 0 Å². The van der Waals surface area contributed by atoms with Crippen LogP contribution in [0.4, 0.5) is 5.13 Å². The smallest absolute Gasteiger partial charge is 0.276 e. The van der Waals surface area contributed by atoms with Crippen LogP contribution in [0.25, 0.3) is 16.9 Å². The molecule has 1 amide bonds. The van der Waals surface area contributed by atoms with Crippen molar-refractivity contribution in [1.29, 1.82) is 0 Å². The van der Waals surface area contributed by atoms with E-state index in [-0.39, 0.29) is 5.91 Å². The fourth-order valence-electron chi connectivity index (χ4n) is 2.94. The molecule has 0 spiro atoms. The molecular formula is C20H17BrN4O2S. The zero-order valence-electron chi connectivity index (χ0n) is 15.3. The Balaban J connectivity index is 1.62. The SMILES string of the molecule is CCOc1cccn2c(C(=O)Nc3nc(-c4ccc(Br)cc4)cs3)c(C)nc12.